The van der Waals surface area contributed by atoms with Gasteiger partial charge in [-0.05, 0) is 0 Å². The van der Waals surface area contributed by atoms with E-state index in [0.29, 0.717) is 0 Å². The van der Waals surface area contributed by atoms with Gasteiger partial charge >= 0.3 is 0 Å². The van der Waals surface area contributed by atoms with Crippen LogP contribution in [0.4, 0.5) is 0 Å². The lowest BCUT2D eigenvalue weighted by molar-refractivity contribution is 1.50. The van der Waals surface area contributed by atoms with Crippen LogP contribution in [-0.4, -0.2) is 0 Å². The van der Waals surface area contributed by atoms with Crippen molar-refractivity contribution in [2.75, 3.05) is 0 Å². The third-order valence-corrected chi connectivity index (χ3v) is 0.354. The Kier molecular flexibility index (Phi) is 7.11. The van der Waals surface area contributed by atoms with Gasteiger partial charge in [-0.1, -0.05) is 34.1 Å². The minimum atomic E-state index is 0. The molecule has 0 aromatic carbocycles. The third-order valence-electron chi connectivity index (χ3n) is 0.354. The summed E-state index contributed by atoms with van der Waals surface area (Å²) in [4.78, 5) is 0. The molecule has 0 bridgehead atoms. The summed E-state index contributed by atoms with van der Waals surface area (Å²) < 4.78 is 0. The number of rotatable bonds is 0. The molecule has 1 aliphatic rings. The van der Waals surface area contributed by atoms with E-state index in [-0.39, 0.29) is 14.9 Å². The lowest BCUT2D eigenvalue weighted by atomic mass is 11.0. The first-order valence-corrected chi connectivity index (χ1v) is 1.50. The molecule has 1 fully saturated rings. The average Bonchev–Trinajstić information content (AvgIpc) is 1.46. The molecule has 0 N–H and O–H groups in total. The van der Waals surface area contributed by atoms with Crippen LogP contribution in [-0.2, 0) is 0 Å². The van der Waals surface area contributed by atoms with Crippen LogP contribution in [0.15, 0.2) is 0 Å². The molecule has 0 heterocycles. The van der Waals surface area contributed by atoms with Crippen LogP contribution in [0.2, 0.25) is 0 Å². The maximum atomic E-state index is 1.50. The summed E-state index contributed by atoms with van der Waals surface area (Å²) in [5.74, 6) is 0. The Morgan fingerprint density at radius 1 is 0.600 bits per heavy atom. The van der Waals surface area contributed by atoms with E-state index in [2.05, 4.69) is 0 Å². The zero-order valence-corrected chi connectivity index (χ0v) is 2.12. The molecule has 0 amide bonds. The molecule has 34 valence electrons. The van der Waals surface area contributed by atoms with Gasteiger partial charge in [-0.2, -0.15) is 0 Å². The normalized spacial score (nSPS) is 14.4. The van der Waals surface area contributed by atoms with E-state index in [1.165, 1.54) is 19.3 Å². The first-order valence-electron chi connectivity index (χ1n) is 1.50. The highest BCUT2D eigenvalue weighted by Gasteiger charge is 1.95. The molecule has 0 spiro atoms. The van der Waals surface area contributed by atoms with E-state index >= 15 is 0 Å². The van der Waals surface area contributed by atoms with Gasteiger partial charge in [0.1, 0.15) is 0 Å². The van der Waals surface area contributed by atoms with E-state index in [1.54, 1.807) is 0 Å². The minimum Gasteiger partial charge on any atom is -0.0776 e. The third kappa shape index (κ3) is 16.0. The summed E-state index contributed by atoms with van der Waals surface area (Å²) in [6.45, 7) is 0. The Morgan fingerprint density at radius 3 is 0.800 bits per heavy atom. The fourth-order valence-electron chi connectivity index (χ4n) is 0. The molecule has 1 saturated carbocycles. The van der Waals surface area contributed by atoms with Crippen molar-refractivity contribution in [2.45, 2.75) is 34.1 Å². The summed E-state index contributed by atoms with van der Waals surface area (Å²) in [7, 11) is 0. The molecule has 0 heteroatoms. The Balaban J connectivity index is 0. The van der Waals surface area contributed by atoms with Crippen molar-refractivity contribution in [1.29, 1.82) is 0 Å². The summed E-state index contributed by atoms with van der Waals surface area (Å²) in [6, 6.07) is 0. The van der Waals surface area contributed by atoms with Crippen LogP contribution >= 0.6 is 0 Å². The van der Waals surface area contributed by atoms with Gasteiger partial charge in [0.25, 0.3) is 0 Å². The van der Waals surface area contributed by atoms with Gasteiger partial charge in [0, 0.05) is 0 Å². The second kappa shape index (κ2) is 4.00. The fraction of sp³-hybridized carbons (Fsp3) is 1.00. The molecule has 0 saturated heterocycles. The highest BCUT2D eigenvalue weighted by molar-refractivity contribution is 4.50. The van der Waals surface area contributed by atoms with E-state index in [4.69, 9.17) is 0 Å². The van der Waals surface area contributed by atoms with Crippen molar-refractivity contribution >= 4 is 0 Å². The molecule has 0 nitrogen and oxygen atoms in total. The topological polar surface area (TPSA) is 0 Å². The quantitative estimate of drug-likeness (QED) is 0.414. The standard InChI is InChI=1S/C3H6.2CH4/c1-2-3-1;;/h1-3H2;2*1H4. The SMILES string of the molecule is C.C.C1CC1. The van der Waals surface area contributed by atoms with Gasteiger partial charge in [-0.15, -0.1) is 0 Å². The second-order valence-electron chi connectivity index (χ2n) is 1.06. The summed E-state index contributed by atoms with van der Waals surface area (Å²) in [5.41, 5.74) is 0. The van der Waals surface area contributed by atoms with Gasteiger partial charge < -0.3 is 0 Å². The second-order valence-corrected chi connectivity index (χ2v) is 1.06. The molecular weight excluding hydrogens is 60.1 g/mol. The van der Waals surface area contributed by atoms with Gasteiger partial charge in [-0.3, -0.25) is 0 Å². The highest BCUT2D eigenvalue weighted by atomic mass is 14.0. The molecule has 1 aliphatic carbocycles. The van der Waals surface area contributed by atoms with Crippen LogP contribution in [0.3, 0.4) is 0 Å². The van der Waals surface area contributed by atoms with Crippen LogP contribution in [0, 0.1) is 0 Å². The van der Waals surface area contributed by atoms with Crippen molar-refractivity contribution in [3.8, 4) is 0 Å². The van der Waals surface area contributed by atoms with Gasteiger partial charge in [0.2, 0.25) is 0 Å². The van der Waals surface area contributed by atoms with Gasteiger partial charge in [0.15, 0.2) is 0 Å². The molecule has 0 radical (unpaired) electrons. The lowest BCUT2D eigenvalue weighted by Gasteiger charge is -1.05. The fourth-order valence-corrected chi connectivity index (χ4v) is 0. The monoisotopic (exact) mass is 74.1 g/mol. The first kappa shape index (κ1) is 8.89. The molecule has 0 aromatic heterocycles. The van der Waals surface area contributed by atoms with Crippen molar-refractivity contribution < 1.29 is 0 Å². The predicted octanol–water partition coefficient (Wildman–Crippen LogP) is 2.44. The largest absolute Gasteiger partial charge is 0.0776 e. The van der Waals surface area contributed by atoms with Crippen LogP contribution in [0.25, 0.3) is 0 Å². The van der Waals surface area contributed by atoms with E-state index in [9.17, 15) is 0 Å². The van der Waals surface area contributed by atoms with Crippen LogP contribution < -0.4 is 0 Å². The van der Waals surface area contributed by atoms with Gasteiger partial charge in [0.05, 0.1) is 0 Å². The van der Waals surface area contributed by atoms with E-state index in [0.717, 1.165) is 0 Å². The molecule has 0 aromatic rings. The molecular formula is C5H14. The van der Waals surface area contributed by atoms with Crippen molar-refractivity contribution in [3.63, 3.8) is 0 Å². The molecule has 0 atom stereocenters. The first-order chi connectivity index (χ1) is 1.50. The molecule has 1 rings (SSSR count). The smallest absolute Gasteiger partial charge is 0.0533 e. The van der Waals surface area contributed by atoms with Crippen LogP contribution in [0.1, 0.15) is 34.1 Å². The van der Waals surface area contributed by atoms with Crippen LogP contribution in [0.5, 0.6) is 0 Å². The maximum absolute atomic E-state index is 1.50. The minimum absolute atomic E-state index is 0. The van der Waals surface area contributed by atoms with Crippen molar-refractivity contribution in [3.05, 3.63) is 0 Å². The predicted molar refractivity (Wildman–Crippen MR) is 27.3 cm³/mol. The van der Waals surface area contributed by atoms with E-state index < -0.39 is 0 Å². The molecule has 0 aliphatic heterocycles. The highest BCUT2D eigenvalue weighted by Crippen LogP contribution is 2.14. The Labute approximate surface area is 35.2 Å². The summed E-state index contributed by atoms with van der Waals surface area (Å²) in [5, 5.41) is 0. The molecule has 5 heavy (non-hydrogen) atoms. The maximum Gasteiger partial charge on any atom is -0.0533 e. The Hall–Kier alpha value is 0. The van der Waals surface area contributed by atoms with Crippen molar-refractivity contribution in [2.24, 2.45) is 0 Å². The zero-order chi connectivity index (χ0) is 2.12. The number of hydrogen-bond acceptors (Lipinski definition) is 0. The Morgan fingerprint density at radius 2 is 0.800 bits per heavy atom. The van der Waals surface area contributed by atoms with E-state index in [1.807, 2.05) is 0 Å². The zero-order valence-electron chi connectivity index (χ0n) is 2.12. The lowest BCUT2D eigenvalue weighted by Crippen LogP contribution is -0.856. The summed E-state index contributed by atoms with van der Waals surface area (Å²) >= 11 is 0. The van der Waals surface area contributed by atoms with Crippen molar-refractivity contribution in [1.82, 2.24) is 0 Å². The summed E-state index contributed by atoms with van der Waals surface area (Å²) in [6.07, 6.45) is 4.50. The Bertz CT molecular complexity index is 4.75. The number of hydrogen-bond donors (Lipinski definition) is 0. The average molecular weight is 74.2 g/mol. The van der Waals surface area contributed by atoms with Gasteiger partial charge in [-0.25, -0.2) is 0 Å². The molecule has 0 unspecified atom stereocenters.